The fourth-order valence-electron chi connectivity index (χ4n) is 2.08. The number of nitrogens with zero attached hydrogens (tertiary/aromatic N) is 1. The van der Waals surface area contributed by atoms with Crippen molar-refractivity contribution in [2.24, 2.45) is 0 Å². The van der Waals surface area contributed by atoms with Crippen molar-refractivity contribution in [3.8, 4) is 11.5 Å². The molecule has 0 bridgehead atoms. The van der Waals surface area contributed by atoms with E-state index in [9.17, 15) is 10.2 Å². The minimum atomic E-state index is -0.0439. The lowest BCUT2D eigenvalue weighted by molar-refractivity contribution is 0.425. The van der Waals surface area contributed by atoms with E-state index < -0.39 is 0 Å². The Balaban J connectivity index is 2.10. The molecule has 0 aliphatic rings. The molecule has 1 aromatic carbocycles. The van der Waals surface area contributed by atoms with Crippen molar-refractivity contribution in [2.75, 3.05) is 0 Å². The Morgan fingerprint density at radius 3 is 2.47 bits per heavy atom. The summed E-state index contributed by atoms with van der Waals surface area (Å²) in [6.07, 6.45) is 1.76. The number of hydrogen-bond donors (Lipinski definition) is 3. The molecule has 0 radical (unpaired) electrons. The van der Waals surface area contributed by atoms with Crippen molar-refractivity contribution in [3.63, 3.8) is 0 Å². The van der Waals surface area contributed by atoms with E-state index in [2.05, 4.69) is 10.3 Å². The molecule has 1 unspecified atom stereocenters. The lowest BCUT2D eigenvalue weighted by atomic mass is 10.1. The van der Waals surface area contributed by atoms with Crippen LogP contribution in [-0.4, -0.2) is 15.2 Å². The van der Waals surface area contributed by atoms with Crippen LogP contribution in [0, 0.1) is 0 Å². The first-order valence-corrected chi connectivity index (χ1v) is 6.27. The summed E-state index contributed by atoms with van der Waals surface area (Å²) in [5.74, 6) is 0.152. The van der Waals surface area contributed by atoms with Gasteiger partial charge < -0.3 is 15.5 Å². The van der Waals surface area contributed by atoms with Crippen molar-refractivity contribution in [1.82, 2.24) is 10.3 Å². The summed E-state index contributed by atoms with van der Waals surface area (Å²) in [7, 11) is 0. The molecule has 0 amide bonds. The molecular formula is C15H18N2O2. The Bertz CT molecular complexity index is 543. The summed E-state index contributed by atoms with van der Waals surface area (Å²) in [5, 5.41) is 22.5. The summed E-state index contributed by atoms with van der Waals surface area (Å²) in [6, 6.07) is 10.4. The molecule has 0 spiro atoms. The number of hydrogen-bond acceptors (Lipinski definition) is 4. The molecule has 1 heterocycles. The third kappa shape index (κ3) is 3.23. The normalized spacial score (nSPS) is 14.0. The van der Waals surface area contributed by atoms with Gasteiger partial charge in [0.25, 0.3) is 0 Å². The molecule has 0 saturated heterocycles. The molecule has 2 rings (SSSR count). The van der Waals surface area contributed by atoms with Crippen LogP contribution in [0.2, 0.25) is 0 Å². The van der Waals surface area contributed by atoms with Gasteiger partial charge in [-0.05, 0) is 32.0 Å². The van der Waals surface area contributed by atoms with Gasteiger partial charge in [0.1, 0.15) is 11.5 Å². The average molecular weight is 258 g/mol. The van der Waals surface area contributed by atoms with Gasteiger partial charge in [0.2, 0.25) is 0 Å². The maximum Gasteiger partial charge on any atom is 0.124 e. The van der Waals surface area contributed by atoms with E-state index >= 15 is 0 Å². The maximum absolute atomic E-state index is 9.83. The quantitative estimate of drug-likeness (QED) is 0.789. The molecule has 0 aliphatic carbocycles. The Kier molecular flexibility index (Phi) is 4.02. The highest BCUT2D eigenvalue weighted by molar-refractivity contribution is 5.40. The van der Waals surface area contributed by atoms with Gasteiger partial charge in [0.05, 0.1) is 5.69 Å². The molecule has 4 nitrogen and oxygen atoms in total. The van der Waals surface area contributed by atoms with Crippen LogP contribution in [0.1, 0.15) is 37.2 Å². The number of rotatable bonds is 4. The highest BCUT2D eigenvalue weighted by Crippen LogP contribution is 2.29. The smallest absolute Gasteiger partial charge is 0.124 e. The number of pyridine rings is 1. The summed E-state index contributed by atoms with van der Waals surface area (Å²) in [4.78, 5) is 4.30. The average Bonchev–Trinajstić information content (AvgIpc) is 2.39. The van der Waals surface area contributed by atoms with E-state index in [4.69, 9.17) is 0 Å². The second kappa shape index (κ2) is 5.71. The molecule has 4 heteroatoms. The number of nitrogens with one attached hydrogen (secondary N) is 1. The standard InChI is InChI=1S/C15H18N2O2/c1-10(13-7-6-12(18)9-15(13)19)17-11(2)14-5-3-4-8-16-14/h3-11,17-19H,1-2H3/t10?,11-/m1/s1. The first kappa shape index (κ1) is 13.4. The van der Waals surface area contributed by atoms with Gasteiger partial charge >= 0.3 is 0 Å². The number of aromatic hydroxyl groups is 2. The van der Waals surface area contributed by atoms with Gasteiger partial charge in [0, 0.05) is 29.9 Å². The van der Waals surface area contributed by atoms with E-state index in [-0.39, 0.29) is 23.6 Å². The molecule has 0 saturated carbocycles. The zero-order chi connectivity index (χ0) is 13.8. The van der Waals surface area contributed by atoms with Crippen molar-refractivity contribution >= 4 is 0 Å². The highest BCUT2D eigenvalue weighted by Gasteiger charge is 2.14. The molecule has 2 atom stereocenters. The van der Waals surface area contributed by atoms with Gasteiger partial charge in [-0.1, -0.05) is 12.1 Å². The van der Waals surface area contributed by atoms with E-state index in [1.165, 1.54) is 6.07 Å². The summed E-state index contributed by atoms with van der Waals surface area (Å²) < 4.78 is 0. The van der Waals surface area contributed by atoms with Crippen molar-refractivity contribution in [3.05, 3.63) is 53.9 Å². The van der Waals surface area contributed by atoms with E-state index in [1.807, 2.05) is 32.0 Å². The lowest BCUT2D eigenvalue weighted by Crippen LogP contribution is -2.23. The zero-order valence-electron chi connectivity index (χ0n) is 11.0. The molecule has 2 aromatic rings. The molecule has 0 fully saturated rings. The molecule has 3 N–H and O–H groups in total. The lowest BCUT2D eigenvalue weighted by Gasteiger charge is -2.20. The van der Waals surface area contributed by atoms with Crippen LogP contribution in [0.3, 0.4) is 0 Å². The second-order valence-corrected chi connectivity index (χ2v) is 4.61. The largest absolute Gasteiger partial charge is 0.508 e. The van der Waals surface area contributed by atoms with E-state index in [0.717, 1.165) is 11.3 Å². The van der Waals surface area contributed by atoms with E-state index in [0.29, 0.717) is 0 Å². The van der Waals surface area contributed by atoms with Gasteiger partial charge in [0.15, 0.2) is 0 Å². The van der Waals surface area contributed by atoms with Gasteiger partial charge in [-0.25, -0.2) is 0 Å². The third-order valence-corrected chi connectivity index (χ3v) is 3.11. The summed E-state index contributed by atoms with van der Waals surface area (Å²) in [6.45, 7) is 3.99. The second-order valence-electron chi connectivity index (χ2n) is 4.61. The Labute approximate surface area is 112 Å². The monoisotopic (exact) mass is 258 g/mol. The minimum absolute atomic E-state index is 0.0439. The van der Waals surface area contributed by atoms with Crippen LogP contribution in [0.5, 0.6) is 11.5 Å². The highest BCUT2D eigenvalue weighted by atomic mass is 16.3. The Morgan fingerprint density at radius 2 is 1.84 bits per heavy atom. The van der Waals surface area contributed by atoms with Crippen LogP contribution < -0.4 is 5.32 Å². The third-order valence-electron chi connectivity index (χ3n) is 3.11. The number of phenolic OH excluding ortho intramolecular Hbond substituents is 2. The number of benzene rings is 1. The van der Waals surface area contributed by atoms with Gasteiger partial charge in [-0.2, -0.15) is 0 Å². The molecule has 100 valence electrons. The van der Waals surface area contributed by atoms with Crippen LogP contribution in [0.4, 0.5) is 0 Å². The topological polar surface area (TPSA) is 65.4 Å². The van der Waals surface area contributed by atoms with Crippen LogP contribution >= 0.6 is 0 Å². The van der Waals surface area contributed by atoms with Gasteiger partial charge in [-0.15, -0.1) is 0 Å². The predicted molar refractivity (Wildman–Crippen MR) is 74.0 cm³/mol. The summed E-state index contributed by atoms with van der Waals surface area (Å²) in [5.41, 5.74) is 1.70. The van der Waals surface area contributed by atoms with Gasteiger partial charge in [-0.3, -0.25) is 4.98 Å². The maximum atomic E-state index is 9.83. The van der Waals surface area contributed by atoms with Crippen LogP contribution in [-0.2, 0) is 0 Å². The number of aromatic nitrogens is 1. The van der Waals surface area contributed by atoms with Crippen LogP contribution in [0.25, 0.3) is 0 Å². The first-order chi connectivity index (χ1) is 9.08. The predicted octanol–water partition coefficient (Wildman–Crippen LogP) is 2.90. The first-order valence-electron chi connectivity index (χ1n) is 6.27. The molecule has 19 heavy (non-hydrogen) atoms. The molecular weight excluding hydrogens is 240 g/mol. The van der Waals surface area contributed by atoms with Crippen molar-refractivity contribution in [2.45, 2.75) is 25.9 Å². The van der Waals surface area contributed by atoms with Crippen LogP contribution in [0.15, 0.2) is 42.6 Å². The SMILES string of the molecule is CC(N[C@H](C)c1ccccn1)c1ccc(O)cc1O. The van der Waals surface area contributed by atoms with Crippen molar-refractivity contribution < 1.29 is 10.2 Å². The molecule has 0 aliphatic heterocycles. The summed E-state index contributed by atoms with van der Waals surface area (Å²) >= 11 is 0. The molecule has 1 aromatic heterocycles. The zero-order valence-corrected chi connectivity index (χ0v) is 11.0. The van der Waals surface area contributed by atoms with Crippen molar-refractivity contribution in [1.29, 1.82) is 0 Å². The Morgan fingerprint density at radius 1 is 1.05 bits per heavy atom. The minimum Gasteiger partial charge on any atom is -0.508 e. The fraction of sp³-hybridized carbons (Fsp3) is 0.267. The Hall–Kier alpha value is -2.07. The fourth-order valence-corrected chi connectivity index (χ4v) is 2.08. The number of phenols is 2. The van der Waals surface area contributed by atoms with E-state index in [1.54, 1.807) is 18.3 Å².